The fourth-order valence-electron chi connectivity index (χ4n) is 3.27. The van der Waals surface area contributed by atoms with Gasteiger partial charge in [-0.2, -0.15) is 0 Å². The van der Waals surface area contributed by atoms with Gasteiger partial charge in [-0.1, -0.05) is 63.3 Å². The molecular formula is C22H26. The smallest absolute Gasteiger partial charge is 0.0132 e. The van der Waals surface area contributed by atoms with Crippen molar-refractivity contribution in [3.63, 3.8) is 0 Å². The molecule has 0 heterocycles. The molecule has 22 heavy (non-hydrogen) atoms. The van der Waals surface area contributed by atoms with E-state index in [1.807, 2.05) is 0 Å². The van der Waals surface area contributed by atoms with E-state index in [0.29, 0.717) is 0 Å². The average molecular weight is 290 g/mol. The first kappa shape index (κ1) is 15.1. The Balaban J connectivity index is 2.20. The molecule has 0 saturated carbocycles. The number of benzene rings is 2. The molecule has 2 aromatic carbocycles. The van der Waals surface area contributed by atoms with Crippen molar-refractivity contribution in [1.82, 2.24) is 0 Å². The third kappa shape index (κ3) is 2.75. The first-order valence-corrected chi connectivity index (χ1v) is 8.27. The van der Waals surface area contributed by atoms with Gasteiger partial charge in [0.1, 0.15) is 0 Å². The second kappa shape index (κ2) is 5.43. The molecule has 3 rings (SSSR count). The standard InChI is InChI=1S/C22H26/c1-15-17-7-6-8-18(15)10-12-20-14-21(22(3,4)5)13-19(11-9-17)16(20)2/h6-9,11,13-14H,10,12H2,1-5H3/b11-9-. The first-order chi connectivity index (χ1) is 10.4. The molecule has 0 heteroatoms. The van der Waals surface area contributed by atoms with Gasteiger partial charge in [0.15, 0.2) is 0 Å². The van der Waals surface area contributed by atoms with Crippen LogP contribution in [0.2, 0.25) is 0 Å². The van der Waals surface area contributed by atoms with Crippen molar-refractivity contribution >= 4 is 12.2 Å². The molecule has 4 bridgehead atoms. The molecule has 0 saturated heterocycles. The minimum atomic E-state index is 0.194. The molecule has 0 atom stereocenters. The largest absolute Gasteiger partial charge is 0.0614 e. The maximum absolute atomic E-state index is 2.42. The lowest BCUT2D eigenvalue weighted by atomic mass is 9.82. The van der Waals surface area contributed by atoms with Crippen molar-refractivity contribution in [2.24, 2.45) is 0 Å². The van der Waals surface area contributed by atoms with Crippen LogP contribution in [-0.2, 0) is 18.3 Å². The summed E-state index contributed by atoms with van der Waals surface area (Å²) in [6, 6.07) is 11.5. The highest BCUT2D eigenvalue weighted by molar-refractivity contribution is 5.74. The molecule has 0 N–H and O–H groups in total. The van der Waals surface area contributed by atoms with E-state index >= 15 is 0 Å². The predicted octanol–water partition coefficient (Wildman–Crippen LogP) is 5.87. The summed E-state index contributed by atoms with van der Waals surface area (Å²) in [6.07, 6.45) is 6.83. The summed E-state index contributed by atoms with van der Waals surface area (Å²) in [5.41, 5.74) is 10.2. The predicted molar refractivity (Wildman–Crippen MR) is 97.4 cm³/mol. The Kier molecular flexibility index (Phi) is 3.72. The molecule has 114 valence electrons. The first-order valence-electron chi connectivity index (χ1n) is 8.27. The normalized spacial score (nSPS) is 15.5. The van der Waals surface area contributed by atoms with Crippen LogP contribution in [0.15, 0.2) is 30.3 Å². The van der Waals surface area contributed by atoms with Crippen LogP contribution in [0.25, 0.3) is 12.2 Å². The molecule has 0 nitrogen and oxygen atoms in total. The van der Waals surface area contributed by atoms with Crippen LogP contribution in [0, 0.1) is 13.8 Å². The highest BCUT2D eigenvalue weighted by Crippen LogP contribution is 2.30. The van der Waals surface area contributed by atoms with Crippen molar-refractivity contribution < 1.29 is 0 Å². The van der Waals surface area contributed by atoms with E-state index in [2.05, 4.69) is 77.1 Å². The van der Waals surface area contributed by atoms with Crippen LogP contribution in [0.4, 0.5) is 0 Å². The van der Waals surface area contributed by atoms with Gasteiger partial charge in [-0.3, -0.25) is 0 Å². The van der Waals surface area contributed by atoms with Crippen LogP contribution < -0.4 is 0 Å². The maximum Gasteiger partial charge on any atom is -0.0132 e. The van der Waals surface area contributed by atoms with Gasteiger partial charge in [0, 0.05) is 0 Å². The van der Waals surface area contributed by atoms with Crippen molar-refractivity contribution in [3.8, 4) is 0 Å². The van der Waals surface area contributed by atoms with Crippen molar-refractivity contribution in [1.29, 1.82) is 0 Å². The lowest BCUT2D eigenvalue weighted by Gasteiger charge is -2.23. The third-order valence-electron chi connectivity index (χ3n) is 5.02. The second-order valence-corrected chi connectivity index (χ2v) is 7.56. The Morgan fingerprint density at radius 2 is 1.41 bits per heavy atom. The summed E-state index contributed by atoms with van der Waals surface area (Å²) in [5.74, 6) is 0. The Labute approximate surface area is 134 Å². The van der Waals surface area contributed by atoms with Gasteiger partial charge in [-0.25, -0.2) is 0 Å². The van der Waals surface area contributed by atoms with E-state index in [4.69, 9.17) is 0 Å². The quantitative estimate of drug-likeness (QED) is 0.569. The zero-order valence-corrected chi connectivity index (χ0v) is 14.5. The molecule has 0 radical (unpaired) electrons. The van der Waals surface area contributed by atoms with Gasteiger partial charge in [-0.15, -0.1) is 0 Å². The van der Waals surface area contributed by atoms with E-state index in [9.17, 15) is 0 Å². The van der Waals surface area contributed by atoms with E-state index in [1.165, 1.54) is 38.9 Å². The Hall–Kier alpha value is -1.82. The minimum absolute atomic E-state index is 0.194. The van der Waals surface area contributed by atoms with Crippen LogP contribution in [0.3, 0.4) is 0 Å². The highest BCUT2D eigenvalue weighted by Gasteiger charge is 2.17. The summed E-state index contributed by atoms with van der Waals surface area (Å²) in [5, 5.41) is 0. The van der Waals surface area contributed by atoms with Crippen molar-refractivity contribution in [2.75, 3.05) is 0 Å². The molecule has 0 aliphatic heterocycles. The molecule has 1 aliphatic rings. The fourth-order valence-corrected chi connectivity index (χ4v) is 3.27. The molecule has 1 aliphatic carbocycles. The molecule has 0 amide bonds. The van der Waals surface area contributed by atoms with E-state index < -0.39 is 0 Å². The molecule has 0 aromatic heterocycles. The maximum atomic E-state index is 2.42. The lowest BCUT2D eigenvalue weighted by molar-refractivity contribution is 0.588. The van der Waals surface area contributed by atoms with Crippen LogP contribution >= 0.6 is 0 Å². The monoisotopic (exact) mass is 290 g/mol. The average Bonchev–Trinajstić information content (AvgIpc) is 2.45. The number of hydrogen-bond donors (Lipinski definition) is 0. The number of aryl methyl sites for hydroxylation is 2. The summed E-state index contributed by atoms with van der Waals surface area (Å²) < 4.78 is 0. The lowest BCUT2D eigenvalue weighted by Crippen LogP contribution is -2.13. The fraction of sp³-hybridized carbons (Fsp3) is 0.364. The summed E-state index contributed by atoms with van der Waals surface area (Å²) in [7, 11) is 0. The van der Waals surface area contributed by atoms with E-state index in [0.717, 1.165) is 12.8 Å². The summed E-state index contributed by atoms with van der Waals surface area (Å²) in [6.45, 7) is 11.4. The SMILES string of the molecule is Cc1c2cccc1CCc1cc(C(C)(C)C)cc(c1C)/C=C\2. The van der Waals surface area contributed by atoms with Crippen molar-refractivity contribution in [3.05, 3.63) is 69.3 Å². The van der Waals surface area contributed by atoms with Gasteiger partial charge < -0.3 is 0 Å². The Morgan fingerprint density at radius 3 is 2.14 bits per heavy atom. The number of hydrogen-bond acceptors (Lipinski definition) is 0. The third-order valence-corrected chi connectivity index (χ3v) is 5.02. The van der Waals surface area contributed by atoms with Gasteiger partial charge in [0.25, 0.3) is 0 Å². The van der Waals surface area contributed by atoms with Crippen LogP contribution in [0.5, 0.6) is 0 Å². The van der Waals surface area contributed by atoms with E-state index in [1.54, 1.807) is 0 Å². The Morgan fingerprint density at radius 1 is 0.773 bits per heavy atom. The topological polar surface area (TPSA) is 0 Å². The molecule has 0 spiro atoms. The molecule has 0 unspecified atom stereocenters. The molecule has 0 fully saturated rings. The highest BCUT2D eigenvalue weighted by atomic mass is 14.2. The number of fused-ring (bicyclic) bond motifs is 4. The molecule has 2 aromatic rings. The van der Waals surface area contributed by atoms with E-state index in [-0.39, 0.29) is 5.41 Å². The van der Waals surface area contributed by atoms with Gasteiger partial charge in [0.2, 0.25) is 0 Å². The van der Waals surface area contributed by atoms with Crippen LogP contribution in [0.1, 0.15) is 59.7 Å². The van der Waals surface area contributed by atoms with Crippen LogP contribution in [-0.4, -0.2) is 0 Å². The minimum Gasteiger partial charge on any atom is -0.0614 e. The van der Waals surface area contributed by atoms with Gasteiger partial charge in [0.05, 0.1) is 0 Å². The van der Waals surface area contributed by atoms with Crippen molar-refractivity contribution in [2.45, 2.75) is 52.9 Å². The van der Waals surface area contributed by atoms with Gasteiger partial charge >= 0.3 is 0 Å². The summed E-state index contributed by atoms with van der Waals surface area (Å²) >= 11 is 0. The zero-order valence-electron chi connectivity index (χ0n) is 14.5. The Bertz CT molecular complexity index is 739. The summed E-state index contributed by atoms with van der Waals surface area (Å²) in [4.78, 5) is 0. The number of rotatable bonds is 0. The zero-order chi connectivity index (χ0) is 15.9. The van der Waals surface area contributed by atoms with Gasteiger partial charge in [-0.05, 0) is 71.0 Å². The second-order valence-electron chi connectivity index (χ2n) is 7.56. The molecular weight excluding hydrogens is 264 g/mol.